The van der Waals surface area contributed by atoms with Gasteiger partial charge in [-0.2, -0.15) is 0 Å². The average molecular weight is 382 g/mol. The third-order valence-electron chi connectivity index (χ3n) is 5.05. The number of anilines is 1. The summed E-state index contributed by atoms with van der Waals surface area (Å²) < 4.78 is 0. The van der Waals surface area contributed by atoms with Crippen LogP contribution in [-0.4, -0.2) is 60.8 Å². The molecule has 1 fully saturated rings. The molecule has 0 aromatic carbocycles. The van der Waals surface area contributed by atoms with Crippen molar-refractivity contribution in [1.82, 2.24) is 9.88 Å². The number of rotatable bonds is 6. The Morgan fingerprint density at radius 2 is 2.00 bits per heavy atom. The molecule has 1 unspecified atom stereocenters. The van der Waals surface area contributed by atoms with Gasteiger partial charge in [-0.05, 0) is 43.7 Å². The summed E-state index contributed by atoms with van der Waals surface area (Å²) in [6.07, 6.45) is 14.8. The van der Waals surface area contributed by atoms with Gasteiger partial charge in [-0.15, -0.1) is 11.8 Å². The Morgan fingerprint density at radius 1 is 1.19 bits per heavy atom. The number of aromatic nitrogens is 1. The van der Waals surface area contributed by atoms with Crippen LogP contribution in [0.2, 0.25) is 0 Å². The van der Waals surface area contributed by atoms with Crippen LogP contribution in [0, 0.1) is 0 Å². The Labute approximate surface area is 166 Å². The van der Waals surface area contributed by atoms with Crippen LogP contribution in [0.4, 0.5) is 5.82 Å². The number of hydrogen-bond acceptors (Lipinski definition) is 6. The van der Waals surface area contributed by atoms with E-state index in [0.29, 0.717) is 6.04 Å². The molecular weight excluding hydrogens is 354 g/mol. The number of nitrogens with zero attached hydrogens (tertiary/aromatic N) is 5. The summed E-state index contributed by atoms with van der Waals surface area (Å²) in [6.45, 7) is 9.83. The van der Waals surface area contributed by atoms with Crippen molar-refractivity contribution in [3.8, 4) is 0 Å². The van der Waals surface area contributed by atoms with Crippen molar-refractivity contribution >= 4 is 30.0 Å². The van der Waals surface area contributed by atoms with Gasteiger partial charge in [-0.25, -0.2) is 4.98 Å². The van der Waals surface area contributed by atoms with E-state index in [9.17, 15) is 0 Å². The standard InChI is InChI=1S/C21H27N5S/c1-17(18-4-6-19(7-5-18)23-11-10-22-2)25-12-14-26(15-13-25)21-9-8-20(27-3)16-24-21/h4-6,8-11,16-17H,2,7,12-15H2,1,3H3/b11-10-,23-19-. The second-order valence-corrected chi connectivity index (χ2v) is 7.48. The summed E-state index contributed by atoms with van der Waals surface area (Å²) in [7, 11) is 0. The molecule has 2 heterocycles. The van der Waals surface area contributed by atoms with Gasteiger partial charge in [0.2, 0.25) is 0 Å². The van der Waals surface area contributed by atoms with Crippen LogP contribution in [0.5, 0.6) is 0 Å². The van der Waals surface area contributed by atoms with E-state index in [2.05, 4.69) is 75.0 Å². The Hall–Kier alpha value is -2.18. The van der Waals surface area contributed by atoms with E-state index in [1.54, 1.807) is 24.2 Å². The number of allylic oxidation sites excluding steroid dienone is 2. The first-order valence-electron chi connectivity index (χ1n) is 9.26. The zero-order valence-electron chi connectivity index (χ0n) is 16.1. The van der Waals surface area contributed by atoms with E-state index in [1.165, 1.54) is 10.5 Å². The molecule has 0 N–H and O–H groups in total. The van der Waals surface area contributed by atoms with Gasteiger partial charge in [0, 0.05) is 67.8 Å². The van der Waals surface area contributed by atoms with Crippen LogP contribution in [-0.2, 0) is 0 Å². The summed E-state index contributed by atoms with van der Waals surface area (Å²) in [5, 5.41) is 0. The molecule has 1 aliphatic carbocycles. The van der Waals surface area contributed by atoms with Gasteiger partial charge < -0.3 is 4.90 Å². The van der Waals surface area contributed by atoms with Gasteiger partial charge in [0.25, 0.3) is 0 Å². The topological polar surface area (TPSA) is 44.1 Å². The highest BCUT2D eigenvalue weighted by Gasteiger charge is 2.23. The average Bonchev–Trinajstić information content (AvgIpc) is 2.74. The first kappa shape index (κ1) is 19.6. The van der Waals surface area contributed by atoms with Crippen molar-refractivity contribution in [3.63, 3.8) is 0 Å². The van der Waals surface area contributed by atoms with Crippen molar-refractivity contribution in [2.24, 2.45) is 9.98 Å². The monoisotopic (exact) mass is 381 g/mol. The quantitative estimate of drug-likeness (QED) is 0.555. The molecule has 1 aliphatic heterocycles. The fourth-order valence-electron chi connectivity index (χ4n) is 3.36. The first-order valence-corrected chi connectivity index (χ1v) is 10.5. The summed E-state index contributed by atoms with van der Waals surface area (Å²) >= 11 is 1.73. The summed E-state index contributed by atoms with van der Waals surface area (Å²) in [6, 6.07) is 4.70. The first-order chi connectivity index (χ1) is 13.2. The normalized spacial score (nSPS) is 20.9. The lowest BCUT2D eigenvalue weighted by molar-refractivity contribution is 0.221. The summed E-state index contributed by atoms with van der Waals surface area (Å²) in [4.78, 5) is 18.8. The Morgan fingerprint density at radius 3 is 2.59 bits per heavy atom. The lowest BCUT2D eigenvalue weighted by Crippen LogP contribution is -2.50. The molecule has 0 saturated carbocycles. The fourth-order valence-corrected chi connectivity index (χ4v) is 3.72. The number of aliphatic imine (C=N–C) groups is 2. The molecule has 1 aromatic heterocycles. The lowest BCUT2D eigenvalue weighted by atomic mass is 9.98. The minimum absolute atomic E-state index is 0.419. The van der Waals surface area contributed by atoms with Gasteiger partial charge in [0.1, 0.15) is 5.82 Å². The summed E-state index contributed by atoms with van der Waals surface area (Å²) in [5.41, 5.74) is 2.42. The molecule has 1 atom stereocenters. The second-order valence-electron chi connectivity index (χ2n) is 6.60. The maximum absolute atomic E-state index is 4.61. The molecule has 0 bridgehead atoms. The van der Waals surface area contributed by atoms with E-state index < -0.39 is 0 Å². The lowest BCUT2D eigenvalue weighted by Gasteiger charge is -2.39. The zero-order chi connectivity index (χ0) is 19.1. The van der Waals surface area contributed by atoms with Gasteiger partial charge in [-0.3, -0.25) is 14.9 Å². The molecule has 0 radical (unpaired) electrons. The van der Waals surface area contributed by atoms with Crippen LogP contribution in [0.1, 0.15) is 13.3 Å². The van der Waals surface area contributed by atoms with E-state index in [4.69, 9.17) is 0 Å². The zero-order valence-corrected chi connectivity index (χ0v) is 16.9. The van der Waals surface area contributed by atoms with Crippen LogP contribution in [0.25, 0.3) is 0 Å². The van der Waals surface area contributed by atoms with Crippen molar-refractivity contribution < 1.29 is 0 Å². The fraction of sp³-hybridized carbons (Fsp3) is 0.381. The highest BCUT2D eigenvalue weighted by atomic mass is 32.2. The molecule has 6 heteroatoms. The molecule has 5 nitrogen and oxygen atoms in total. The van der Waals surface area contributed by atoms with Crippen molar-refractivity contribution in [3.05, 3.63) is 54.5 Å². The van der Waals surface area contributed by atoms with Crippen molar-refractivity contribution in [2.45, 2.75) is 24.3 Å². The molecule has 3 rings (SSSR count). The van der Waals surface area contributed by atoms with Crippen LogP contribution in [0.3, 0.4) is 0 Å². The number of pyridine rings is 1. The molecule has 2 aliphatic rings. The third kappa shape index (κ3) is 5.17. The molecular formula is C21H27N5S. The Balaban J connectivity index is 1.53. The summed E-state index contributed by atoms with van der Waals surface area (Å²) in [5.74, 6) is 1.08. The molecule has 142 valence electrons. The van der Waals surface area contributed by atoms with Gasteiger partial charge in [0.05, 0.1) is 0 Å². The minimum atomic E-state index is 0.419. The van der Waals surface area contributed by atoms with E-state index in [-0.39, 0.29) is 0 Å². The molecule has 1 saturated heterocycles. The number of thioether (sulfide) groups is 1. The smallest absolute Gasteiger partial charge is 0.128 e. The van der Waals surface area contributed by atoms with Gasteiger partial charge in [0.15, 0.2) is 0 Å². The molecule has 0 amide bonds. The van der Waals surface area contributed by atoms with Crippen LogP contribution in [0.15, 0.2) is 69.4 Å². The third-order valence-corrected chi connectivity index (χ3v) is 5.77. The van der Waals surface area contributed by atoms with Gasteiger partial charge >= 0.3 is 0 Å². The van der Waals surface area contributed by atoms with Gasteiger partial charge in [-0.1, -0.05) is 12.2 Å². The Bertz CT molecular complexity index is 755. The largest absolute Gasteiger partial charge is 0.354 e. The number of hydrogen-bond donors (Lipinski definition) is 0. The molecule has 27 heavy (non-hydrogen) atoms. The van der Waals surface area contributed by atoms with E-state index >= 15 is 0 Å². The van der Waals surface area contributed by atoms with Crippen molar-refractivity contribution in [1.29, 1.82) is 0 Å². The van der Waals surface area contributed by atoms with Crippen molar-refractivity contribution in [2.75, 3.05) is 37.3 Å². The highest BCUT2D eigenvalue weighted by molar-refractivity contribution is 7.98. The van der Waals surface area contributed by atoms with E-state index in [1.807, 2.05) is 6.20 Å². The molecule has 1 aromatic rings. The predicted molar refractivity (Wildman–Crippen MR) is 117 cm³/mol. The van der Waals surface area contributed by atoms with E-state index in [0.717, 1.165) is 44.1 Å². The second kappa shape index (κ2) is 9.67. The predicted octanol–water partition coefficient (Wildman–Crippen LogP) is 3.81. The maximum Gasteiger partial charge on any atom is 0.128 e. The Kier molecular flexibility index (Phi) is 7.01. The number of piperazine rings is 1. The SMILES string of the molecule is C=N/C=C\N=C1\C=CC(C(C)N2CCN(c3ccc(SC)cn3)CC2)=CC1. The minimum Gasteiger partial charge on any atom is -0.354 e. The maximum atomic E-state index is 4.61. The van der Waals surface area contributed by atoms with Crippen LogP contribution < -0.4 is 4.90 Å². The highest BCUT2D eigenvalue weighted by Crippen LogP contribution is 2.22. The molecule has 0 spiro atoms. The van der Waals surface area contributed by atoms with Crippen LogP contribution >= 0.6 is 11.8 Å².